The van der Waals surface area contributed by atoms with E-state index in [9.17, 15) is 14.0 Å². The molecule has 2 aromatic carbocycles. The summed E-state index contributed by atoms with van der Waals surface area (Å²) in [6.07, 6.45) is -2.81. The Labute approximate surface area is 266 Å². The van der Waals surface area contributed by atoms with Crippen LogP contribution in [0.5, 0.6) is 0 Å². The van der Waals surface area contributed by atoms with Crippen molar-refractivity contribution in [2.75, 3.05) is 43.4 Å². The van der Waals surface area contributed by atoms with Gasteiger partial charge in [0.25, 0.3) is 0 Å². The van der Waals surface area contributed by atoms with Crippen molar-refractivity contribution in [3.05, 3.63) is 59.2 Å². The van der Waals surface area contributed by atoms with Gasteiger partial charge in [-0.25, -0.2) is 9.18 Å². The fraction of sp³-hybridized carbons (Fsp3) is 0.438. The average molecular weight is 656 g/mol. The van der Waals surface area contributed by atoms with Crippen molar-refractivity contribution in [1.29, 1.82) is 0 Å². The molecule has 2 saturated heterocycles. The second-order valence-corrected chi connectivity index (χ2v) is 13.5. The molecule has 7 rings (SSSR count). The van der Waals surface area contributed by atoms with Crippen molar-refractivity contribution < 1.29 is 22.4 Å². The molecule has 46 heavy (non-hydrogen) atoms. The van der Waals surface area contributed by atoms with E-state index in [4.69, 9.17) is 0 Å². The first kappa shape index (κ1) is 30.7. The number of aryl methyl sites for hydroxylation is 1. The van der Waals surface area contributed by atoms with E-state index in [0.29, 0.717) is 39.2 Å². The van der Waals surface area contributed by atoms with Crippen molar-refractivity contribution in [3.63, 3.8) is 0 Å². The smallest absolute Gasteiger partial charge is 0.349 e. The lowest BCUT2D eigenvalue weighted by atomic mass is 9.94. The summed E-state index contributed by atoms with van der Waals surface area (Å²) in [7, 11) is 1.69. The monoisotopic (exact) mass is 655 g/mol. The number of benzene rings is 2. The molecule has 9 nitrogen and oxygen atoms in total. The van der Waals surface area contributed by atoms with Crippen LogP contribution in [0.2, 0.25) is 0 Å². The summed E-state index contributed by atoms with van der Waals surface area (Å²) in [5, 5.41) is 5.22. The van der Waals surface area contributed by atoms with Gasteiger partial charge < -0.3 is 9.80 Å². The molecule has 0 aliphatic carbocycles. The number of aromatic nitrogens is 4. The molecule has 1 unspecified atom stereocenters. The van der Waals surface area contributed by atoms with E-state index in [2.05, 4.69) is 16.7 Å². The zero-order valence-corrected chi connectivity index (χ0v) is 26.4. The van der Waals surface area contributed by atoms with Gasteiger partial charge in [0.15, 0.2) is 0 Å². The maximum atomic E-state index is 15.2. The number of nitrogens with zero attached hydrogens (tertiary/aromatic N) is 7. The molecule has 0 radical (unpaired) electrons. The van der Waals surface area contributed by atoms with Crippen molar-refractivity contribution in [2.45, 2.75) is 49.2 Å². The van der Waals surface area contributed by atoms with Crippen molar-refractivity contribution >= 4 is 45.3 Å². The van der Waals surface area contributed by atoms with Crippen molar-refractivity contribution in [2.24, 2.45) is 7.05 Å². The van der Waals surface area contributed by atoms with E-state index in [1.807, 2.05) is 23.6 Å². The first-order valence-electron chi connectivity index (χ1n) is 15.2. The molecule has 4 aromatic rings. The number of halogens is 4. The molecule has 5 heterocycles. The summed E-state index contributed by atoms with van der Waals surface area (Å²) in [6.45, 7) is 8.73. The maximum Gasteiger partial charge on any atom is 0.417 e. The molecule has 2 aromatic heterocycles. The third kappa shape index (κ3) is 4.88. The van der Waals surface area contributed by atoms with E-state index in [1.54, 1.807) is 41.0 Å². The maximum absolute atomic E-state index is 15.2. The Morgan fingerprint density at radius 2 is 1.89 bits per heavy atom. The minimum atomic E-state index is -4.74. The van der Waals surface area contributed by atoms with Gasteiger partial charge in [-0.05, 0) is 26.0 Å². The normalized spacial score (nSPS) is 22.5. The zero-order valence-electron chi connectivity index (χ0n) is 25.6. The highest BCUT2D eigenvalue weighted by atomic mass is 32.2. The van der Waals surface area contributed by atoms with Crippen LogP contribution in [-0.2, 0) is 18.0 Å². The van der Waals surface area contributed by atoms with Crippen LogP contribution >= 0.6 is 11.8 Å². The molecule has 3 aliphatic rings. The third-order valence-electron chi connectivity index (χ3n) is 9.36. The summed E-state index contributed by atoms with van der Waals surface area (Å²) in [6, 6.07) is 5.23. The van der Waals surface area contributed by atoms with Crippen LogP contribution in [0.3, 0.4) is 0 Å². The first-order chi connectivity index (χ1) is 21.9. The molecule has 3 aliphatic heterocycles. The lowest BCUT2D eigenvalue weighted by Gasteiger charge is -2.45. The molecule has 1 amide bonds. The standard InChI is InChI=1S/C32H33F4N7O2S/c1-5-25(44)41-11-18(3)42(12-17(41)2)30-23-9-24(32(34,35)36)26(22-8-6-7-19-10-37-39(4)27(19)22)29-28(23)43(31(45)38-30)21(16-46-29)15-40-13-20(33)14-40/h5-10,17-18,20-21H,1,11-16H2,2-4H3/t17-,18+,21?/m1/s1. The molecule has 14 heteroatoms. The van der Waals surface area contributed by atoms with E-state index < -0.39 is 29.6 Å². The number of para-hydroxylation sites is 1. The summed E-state index contributed by atoms with van der Waals surface area (Å²) in [4.78, 5) is 36.8. The number of piperazine rings is 1. The summed E-state index contributed by atoms with van der Waals surface area (Å²) < 4.78 is 62.4. The molecule has 0 bridgehead atoms. The molecule has 242 valence electrons. The molecule has 2 fully saturated rings. The number of carbonyl (C=O) groups is 1. The number of thioether (sulfide) groups is 1. The second kappa shape index (κ2) is 11.1. The highest BCUT2D eigenvalue weighted by Crippen LogP contribution is 2.51. The summed E-state index contributed by atoms with van der Waals surface area (Å²) in [5.41, 5.74) is -0.0906. The quantitative estimate of drug-likeness (QED) is 0.224. The Morgan fingerprint density at radius 3 is 2.59 bits per heavy atom. The molecule has 0 spiro atoms. The highest BCUT2D eigenvalue weighted by molar-refractivity contribution is 7.99. The van der Waals surface area contributed by atoms with Gasteiger partial charge in [-0.3, -0.25) is 18.9 Å². The van der Waals surface area contributed by atoms with Crippen LogP contribution in [0.4, 0.5) is 23.4 Å². The fourth-order valence-electron chi connectivity index (χ4n) is 7.17. The summed E-state index contributed by atoms with van der Waals surface area (Å²) in [5.74, 6) is 0.243. The number of carbonyl (C=O) groups excluding carboxylic acids is 1. The number of amides is 1. The van der Waals surface area contributed by atoms with Gasteiger partial charge in [-0.2, -0.15) is 23.3 Å². The lowest BCUT2D eigenvalue weighted by molar-refractivity contribution is -0.137. The van der Waals surface area contributed by atoms with Gasteiger partial charge in [0.05, 0.1) is 28.8 Å². The van der Waals surface area contributed by atoms with Gasteiger partial charge in [0.2, 0.25) is 5.91 Å². The lowest BCUT2D eigenvalue weighted by Crippen LogP contribution is -2.58. The van der Waals surface area contributed by atoms with Gasteiger partial charge >= 0.3 is 11.9 Å². The van der Waals surface area contributed by atoms with Crippen LogP contribution in [0, 0.1) is 0 Å². The van der Waals surface area contributed by atoms with Crippen molar-refractivity contribution in [3.8, 4) is 11.1 Å². The predicted octanol–water partition coefficient (Wildman–Crippen LogP) is 4.88. The number of hydrogen-bond donors (Lipinski definition) is 0. The van der Waals surface area contributed by atoms with Crippen LogP contribution in [0.1, 0.15) is 25.5 Å². The van der Waals surface area contributed by atoms with Crippen LogP contribution in [0.15, 0.2) is 52.8 Å². The van der Waals surface area contributed by atoms with E-state index in [0.717, 1.165) is 6.07 Å². The van der Waals surface area contributed by atoms with Crippen LogP contribution < -0.4 is 10.6 Å². The first-order valence-corrected chi connectivity index (χ1v) is 16.2. The Hall–Kier alpha value is -3.91. The number of likely N-dealkylation sites (tertiary alicyclic amines) is 1. The van der Waals surface area contributed by atoms with Gasteiger partial charge in [-0.15, -0.1) is 11.8 Å². The molecular formula is C32H33F4N7O2S. The van der Waals surface area contributed by atoms with Crippen LogP contribution in [-0.4, -0.2) is 91.8 Å². The van der Waals surface area contributed by atoms with Gasteiger partial charge in [0, 0.05) is 84.4 Å². The number of alkyl halides is 4. The van der Waals surface area contributed by atoms with Crippen LogP contribution in [0.25, 0.3) is 32.9 Å². The van der Waals surface area contributed by atoms with Crippen molar-refractivity contribution in [1.82, 2.24) is 29.1 Å². The predicted molar refractivity (Wildman–Crippen MR) is 170 cm³/mol. The minimum Gasteiger partial charge on any atom is -0.349 e. The summed E-state index contributed by atoms with van der Waals surface area (Å²) >= 11 is 1.29. The minimum absolute atomic E-state index is 0.00135. The number of fused-ring (bicyclic) bond motifs is 1. The second-order valence-electron chi connectivity index (χ2n) is 12.4. The van der Waals surface area contributed by atoms with E-state index in [1.165, 1.54) is 22.4 Å². The van der Waals surface area contributed by atoms with Gasteiger partial charge in [-0.1, -0.05) is 24.8 Å². The Kier molecular flexibility index (Phi) is 7.42. The topological polar surface area (TPSA) is 79.5 Å². The number of hydrogen-bond acceptors (Lipinski definition) is 7. The highest BCUT2D eigenvalue weighted by Gasteiger charge is 2.42. The number of rotatable bonds is 5. The molecule has 0 N–H and O–H groups in total. The fourth-order valence-corrected chi connectivity index (χ4v) is 8.49. The largest absolute Gasteiger partial charge is 0.417 e. The molecule has 3 atom stereocenters. The average Bonchev–Trinajstić information content (AvgIpc) is 3.39. The molecular weight excluding hydrogens is 622 g/mol. The number of anilines is 1. The third-order valence-corrected chi connectivity index (χ3v) is 10.6. The Morgan fingerprint density at radius 1 is 1.13 bits per heavy atom. The SMILES string of the molecule is C=CC(=O)N1C[C@H](C)N(c2nc(=O)n3c4c(c(-c5cccc6cnn(C)c56)c(C(F)(F)F)cc24)SCC3CN2CC(F)C2)C[C@H]1C. The molecule has 0 saturated carbocycles. The Balaban J connectivity index is 1.51. The van der Waals surface area contributed by atoms with Gasteiger partial charge in [0.1, 0.15) is 12.0 Å². The van der Waals surface area contributed by atoms with E-state index in [-0.39, 0.29) is 60.9 Å². The zero-order chi connectivity index (χ0) is 32.7. The van der Waals surface area contributed by atoms with E-state index >= 15 is 13.2 Å². The Bertz CT molecular complexity index is 1950.